The number of hydrogen-bond donors (Lipinski definition) is 1. The molecule has 0 unspecified atom stereocenters. The molecule has 0 saturated heterocycles. The lowest BCUT2D eigenvalue weighted by Gasteiger charge is -2.11. The van der Waals surface area contributed by atoms with Crippen molar-refractivity contribution in [2.75, 3.05) is 5.32 Å². The van der Waals surface area contributed by atoms with Gasteiger partial charge in [-0.05, 0) is 67.4 Å². The van der Waals surface area contributed by atoms with Crippen LogP contribution in [0.25, 0.3) is 0 Å². The molecule has 3 rings (SSSR count). The normalized spacial score (nSPS) is 11.1. The Bertz CT molecular complexity index is 1130. The molecule has 1 N–H and O–H groups in total. The predicted molar refractivity (Wildman–Crippen MR) is 105 cm³/mol. The number of hydrogen-bond acceptors (Lipinski definition) is 4. The molecule has 144 valence electrons. The van der Waals surface area contributed by atoms with E-state index in [0.29, 0.717) is 5.56 Å². The molecule has 28 heavy (non-hydrogen) atoms. The van der Waals surface area contributed by atoms with Crippen LogP contribution in [0.4, 0.5) is 10.1 Å². The Balaban J connectivity index is 1.76. The zero-order valence-electron chi connectivity index (χ0n) is 15.3. The van der Waals surface area contributed by atoms with Crippen molar-refractivity contribution in [3.05, 3.63) is 89.2 Å². The fourth-order valence-corrected chi connectivity index (χ4v) is 3.81. The lowest BCUT2D eigenvalue weighted by Crippen LogP contribution is -2.14. The van der Waals surface area contributed by atoms with Crippen LogP contribution >= 0.6 is 0 Å². The van der Waals surface area contributed by atoms with E-state index in [1.165, 1.54) is 42.5 Å². The highest BCUT2D eigenvalue weighted by atomic mass is 32.2. The molecule has 0 spiro atoms. The maximum atomic E-state index is 13.6. The van der Waals surface area contributed by atoms with Gasteiger partial charge in [-0.3, -0.25) is 4.79 Å². The first-order chi connectivity index (χ1) is 13.3. The summed E-state index contributed by atoms with van der Waals surface area (Å²) in [5.41, 5.74) is 1.67. The standard InChI is InChI=1S/C21H18FNO4S/c1-14-7-8-15(2)20(13-14)28(25,26)27-17-11-9-16(10-12-17)21(24)23-19-6-4-3-5-18(19)22/h3-13H,1-2H3,(H,23,24). The Kier molecular flexibility index (Phi) is 5.46. The third kappa shape index (κ3) is 4.37. The molecule has 0 aliphatic carbocycles. The van der Waals surface area contributed by atoms with Gasteiger partial charge in [0.25, 0.3) is 5.91 Å². The molecule has 0 aliphatic heterocycles. The number of carbonyl (C=O) groups excluding carboxylic acids is 1. The van der Waals surface area contributed by atoms with Gasteiger partial charge in [0, 0.05) is 5.56 Å². The van der Waals surface area contributed by atoms with Crippen molar-refractivity contribution < 1.29 is 21.8 Å². The second kappa shape index (κ2) is 7.82. The third-order valence-corrected chi connectivity index (χ3v) is 5.45. The van der Waals surface area contributed by atoms with Crippen LogP contribution in [0, 0.1) is 19.7 Å². The van der Waals surface area contributed by atoms with Crippen LogP contribution in [-0.2, 0) is 10.1 Å². The van der Waals surface area contributed by atoms with Crippen LogP contribution in [0.1, 0.15) is 21.5 Å². The van der Waals surface area contributed by atoms with Crippen LogP contribution in [-0.4, -0.2) is 14.3 Å². The monoisotopic (exact) mass is 399 g/mol. The average Bonchev–Trinajstić information content (AvgIpc) is 2.65. The second-order valence-electron chi connectivity index (χ2n) is 6.26. The smallest absolute Gasteiger partial charge is 0.339 e. The summed E-state index contributed by atoms with van der Waals surface area (Å²) in [6, 6.07) is 16.4. The molecular weight excluding hydrogens is 381 g/mol. The van der Waals surface area contributed by atoms with Gasteiger partial charge in [0.15, 0.2) is 0 Å². The summed E-state index contributed by atoms with van der Waals surface area (Å²) in [6.45, 7) is 3.48. The zero-order chi connectivity index (χ0) is 20.3. The van der Waals surface area contributed by atoms with Crippen molar-refractivity contribution >= 4 is 21.7 Å². The number of amides is 1. The first-order valence-corrected chi connectivity index (χ1v) is 9.85. The molecule has 0 heterocycles. The van der Waals surface area contributed by atoms with Crippen molar-refractivity contribution in [2.24, 2.45) is 0 Å². The van der Waals surface area contributed by atoms with E-state index in [0.717, 1.165) is 5.56 Å². The Hall–Kier alpha value is -3.19. The van der Waals surface area contributed by atoms with E-state index >= 15 is 0 Å². The minimum atomic E-state index is -4.00. The molecule has 3 aromatic rings. The maximum Gasteiger partial charge on any atom is 0.339 e. The largest absolute Gasteiger partial charge is 0.379 e. The van der Waals surface area contributed by atoms with E-state index in [2.05, 4.69) is 5.32 Å². The molecule has 0 atom stereocenters. The second-order valence-corrected chi connectivity index (χ2v) is 7.78. The quantitative estimate of drug-likeness (QED) is 0.643. The van der Waals surface area contributed by atoms with E-state index in [-0.39, 0.29) is 21.9 Å². The van der Waals surface area contributed by atoms with Gasteiger partial charge >= 0.3 is 10.1 Å². The van der Waals surface area contributed by atoms with Gasteiger partial charge in [-0.25, -0.2) is 4.39 Å². The molecule has 3 aromatic carbocycles. The van der Waals surface area contributed by atoms with Crippen molar-refractivity contribution in [1.82, 2.24) is 0 Å². The number of anilines is 1. The summed E-state index contributed by atoms with van der Waals surface area (Å²) >= 11 is 0. The Labute approximate surface area is 162 Å². The van der Waals surface area contributed by atoms with Crippen LogP contribution < -0.4 is 9.50 Å². The highest BCUT2D eigenvalue weighted by Crippen LogP contribution is 2.23. The van der Waals surface area contributed by atoms with Gasteiger partial charge in [-0.1, -0.05) is 24.3 Å². The summed E-state index contributed by atoms with van der Waals surface area (Å²) in [4.78, 5) is 12.3. The van der Waals surface area contributed by atoms with Crippen molar-refractivity contribution in [3.63, 3.8) is 0 Å². The summed E-state index contributed by atoms with van der Waals surface area (Å²) in [5.74, 6) is -0.993. The van der Waals surface area contributed by atoms with E-state index in [4.69, 9.17) is 4.18 Å². The molecule has 0 bridgehead atoms. The van der Waals surface area contributed by atoms with Gasteiger partial charge in [0.05, 0.1) is 5.69 Å². The lowest BCUT2D eigenvalue weighted by molar-refractivity contribution is 0.102. The molecular formula is C21H18FNO4S. The molecule has 0 aromatic heterocycles. The maximum absolute atomic E-state index is 13.6. The fraction of sp³-hybridized carbons (Fsp3) is 0.0952. The lowest BCUT2D eigenvalue weighted by atomic mass is 10.2. The molecule has 0 radical (unpaired) electrons. The molecule has 0 saturated carbocycles. The van der Waals surface area contributed by atoms with Crippen LogP contribution in [0.15, 0.2) is 71.6 Å². The molecule has 0 aliphatic rings. The van der Waals surface area contributed by atoms with E-state index in [9.17, 15) is 17.6 Å². The van der Waals surface area contributed by atoms with Crippen molar-refractivity contribution in [1.29, 1.82) is 0 Å². The number of para-hydroxylation sites is 1. The topological polar surface area (TPSA) is 72.5 Å². The van der Waals surface area contributed by atoms with Gasteiger partial charge in [0.1, 0.15) is 16.5 Å². The Morgan fingerprint density at radius 1 is 0.964 bits per heavy atom. The minimum absolute atomic E-state index is 0.0605. The zero-order valence-corrected chi connectivity index (χ0v) is 16.1. The molecule has 7 heteroatoms. The van der Waals surface area contributed by atoms with Gasteiger partial charge < -0.3 is 9.50 Å². The first-order valence-electron chi connectivity index (χ1n) is 8.44. The molecule has 5 nitrogen and oxygen atoms in total. The number of nitrogens with one attached hydrogen (secondary N) is 1. The van der Waals surface area contributed by atoms with Crippen molar-refractivity contribution in [3.8, 4) is 5.75 Å². The molecule has 1 amide bonds. The fourth-order valence-electron chi connectivity index (χ4n) is 2.57. The number of benzene rings is 3. The van der Waals surface area contributed by atoms with Gasteiger partial charge in [-0.2, -0.15) is 8.42 Å². The number of aryl methyl sites for hydroxylation is 2. The first kappa shape index (κ1) is 19.6. The SMILES string of the molecule is Cc1ccc(C)c(S(=O)(=O)Oc2ccc(C(=O)Nc3ccccc3F)cc2)c1. The van der Waals surface area contributed by atoms with Crippen LogP contribution in [0.2, 0.25) is 0 Å². The highest BCUT2D eigenvalue weighted by molar-refractivity contribution is 7.87. The average molecular weight is 399 g/mol. The summed E-state index contributed by atoms with van der Waals surface area (Å²) in [6.07, 6.45) is 0. The highest BCUT2D eigenvalue weighted by Gasteiger charge is 2.20. The minimum Gasteiger partial charge on any atom is -0.379 e. The Morgan fingerprint density at radius 3 is 2.32 bits per heavy atom. The van der Waals surface area contributed by atoms with E-state index < -0.39 is 21.8 Å². The number of halogens is 1. The summed E-state index contributed by atoms with van der Waals surface area (Å²) in [5, 5.41) is 2.46. The third-order valence-electron chi connectivity index (χ3n) is 4.06. The number of rotatable bonds is 5. The number of carbonyl (C=O) groups is 1. The van der Waals surface area contributed by atoms with Gasteiger partial charge in [-0.15, -0.1) is 0 Å². The van der Waals surface area contributed by atoms with Crippen molar-refractivity contribution in [2.45, 2.75) is 18.7 Å². The molecule has 0 fully saturated rings. The van der Waals surface area contributed by atoms with E-state index in [1.54, 1.807) is 32.0 Å². The van der Waals surface area contributed by atoms with Crippen LogP contribution in [0.5, 0.6) is 5.75 Å². The van der Waals surface area contributed by atoms with Gasteiger partial charge in [0.2, 0.25) is 0 Å². The summed E-state index contributed by atoms with van der Waals surface area (Å²) in [7, 11) is -4.00. The predicted octanol–water partition coefficient (Wildman–Crippen LogP) is 4.46. The van der Waals surface area contributed by atoms with Crippen LogP contribution in [0.3, 0.4) is 0 Å². The Morgan fingerprint density at radius 2 is 1.64 bits per heavy atom. The summed E-state index contributed by atoms with van der Waals surface area (Å²) < 4.78 is 43.9. The van der Waals surface area contributed by atoms with E-state index in [1.807, 2.05) is 6.07 Å².